The minimum Gasteiger partial charge on any atom is -0.383 e. The summed E-state index contributed by atoms with van der Waals surface area (Å²) >= 11 is 0. The maximum Gasteiger partial charge on any atom is 0.0589 e. The second kappa shape index (κ2) is 8.97. The van der Waals surface area contributed by atoms with Gasteiger partial charge in [-0.25, -0.2) is 0 Å². The fourth-order valence-corrected chi connectivity index (χ4v) is 2.07. The van der Waals surface area contributed by atoms with Crippen molar-refractivity contribution in [1.29, 1.82) is 0 Å². The van der Waals surface area contributed by atoms with E-state index in [1.807, 2.05) is 7.05 Å². The number of hydrogen-bond donors (Lipinski definition) is 1. The van der Waals surface area contributed by atoms with Crippen molar-refractivity contribution in [2.45, 2.75) is 33.7 Å². The minimum atomic E-state index is 0.600. The predicted molar refractivity (Wildman–Crippen MR) is 70.8 cm³/mol. The van der Waals surface area contributed by atoms with Gasteiger partial charge in [0.25, 0.3) is 0 Å². The largest absolute Gasteiger partial charge is 0.383 e. The Kier molecular flexibility index (Phi) is 8.90. The Morgan fingerprint density at radius 3 is 2.19 bits per heavy atom. The number of nitrogens with one attached hydrogen (secondary N) is 1. The van der Waals surface area contributed by atoms with Gasteiger partial charge in [-0.1, -0.05) is 27.7 Å². The Morgan fingerprint density at radius 2 is 1.81 bits per heavy atom. The summed E-state index contributed by atoms with van der Waals surface area (Å²) in [4.78, 5) is 2.55. The quantitative estimate of drug-likeness (QED) is 0.654. The van der Waals surface area contributed by atoms with E-state index in [-0.39, 0.29) is 0 Å². The summed E-state index contributed by atoms with van der Waals surface area (Å²) < 4.78 is 5.20. The molecule has 0 rings (SSSR count). The zero-order chi connectivity index (χ0) is 12.6. The standard InChI is InChI=1S/C13H30N2O/c1-11(2)10-15(7-8-16-6)13(9-14-5)12(3)4/h11-14H,7-10H2,1-6H3. The molecule has 0 aliphatic heterocycles. The van der Waals surface area contributed by atoms with Gasteiger partial charge in [-0.15, -0.1) is 0 Å². The first-order chi connectivity index (χ1) is 7.52. The number of hydrogen-bond acceptors (Lipinski definition) is 3. The third-order valence-electron chi connectivity index (χ3n) is 2.83. The lowest BCUT2D eigenvalue weighted by atomic mass is 10.0. The molecule has 0 aromatic heterocycles. The molecule has 16 heavy (non-hydrogen) atoms. The Balaban J connectivity index is 4.39. The summed E-state index contributed by atoms with van der Waals surface area (Å²) in [5.74, 6) is 1.37. The van der Waals surface area contributed by atoms with Gasteiger partial charge in [0.2, 0.25) is 0 Å². The van der Waals surface area contributed by atoms with Crippen molar-refractivity contribution in [2.24, 2.45) is 11.8 Å². The Morgan fingerprint density at radius 1 is 1.19 bits per heavy atom. The van der Waals surface area contributed by atoms with Crippen LogP contribution in [-0.4, -0.2) is 51.3 Å². The van der Waals surface area contributed by atoms with E-state index in [4.69, 9.17) is 4.74 Å². The van der Waals surface area contributed by atoms with Gasteiger partial charge in [-0.05, 0) is 18.9 Å². The first-order valence-electron chi connectivity index (χ1n) is 6.40. The van der Waals surface area contributed by atoms with Crippen molar-refractivity contribution in [2.75, 3.05) is 40.4 Å². The highest BCUT2D eigenvalue weighted by atomic mass is 16.5. The van der Waals surface area contributed by atoms with Gasteiger partial charge in [0.15, 0.2) is 0 Å². The summed E-state index contributed by atoms with van der Waals surface area (Å²) in [6.07, 6.45) is 0. The van der Waals surface area contributed by atoms with Crippen molar-refractivity contribution in [3.8, 4) is 0 Å². The lowest BCUT2D eigenvalue weighted by molar-refractivity contribution is 0.0905. The van der Waals surface area contributed by atoms with E-state index in [0.717, 1.165) is 26.2 Å². The van der Waals surface area contributed by atoms with E-state index in [1.165, 1.54) is 0 Å². The zero-order valence-electron chi connectivity index (χ0n) is 11.9. The Labute approximate surface area is 102 Å². The molecule has 0 aromatic carbocycles. The molecule has 3 nitrogen and oxygen atoms in total. The van der Waals surface area contributed by atoms with E-state index >= 15 is 0 Å². The van der Waals surface area contributed by atoms with Crippen molar-refractivity contribution < 1.29 is 4.74 Å². The molecule has 0 spiro atoms. The summed E-state index contributed by atoms with van der Waals surface area (Å²) in [7, 11) is 3.80. The summed E-state index contributed by atoms with van der Waals surface area (Å²) in [5.41, 5.74) is 0. The first-order valence-corrected chi connectivity index (χ1v) is 6.40. The molecule has 98 valence electrons. The highest BCUT2D eigenvalue weighted by Gasteiger charge is 2.21. The Hall–Kier alpha value is -0.120. The lowest BCUT2D eigenvalue weighted by Crippen LogP contribution is -2.47. The van der Waals surface area contributed by atoms with Crippen LogP contribution in [0.5, 0.6) is 0 Å². The van der Waals surface area contributed by atoms with Gasteiger partial charge in [-0.3, -0.25) is 4.90 Å². The molecular formula is C13H30N2O. The van der Waals surface area contributed by atoms with Gasteiger partial charge in [0, 0.05) is 32.8 Å². The van der Waals surface area contributed by atoms with Crippen LogP contribution in [0.25, 0.3) is 0 Å². The van der Waals surface area contributed by atoms with Crippen LogP contribution in [0.2, 0.25) is 0 Å². The van der Waals surface area contributed by atoms with Gasteiger partial charge in [-0.2, -0.15) is 0 Å². The van der Waals surface area contributed by atoms with Crippen molar-refractivity contribution in [3.05, 3.63) is 0 Å². The number of methoxy groups -OCH3 is 1. The summed E-state index contributed by atoms with van der Waals surface area (Å²) in [6.45, 7) is 13.2. The number of ether oxygens (including phenoxy) is 1. The van der Waals surface area contributed by atoms with Crippen LogP contribution >= 0.6 is 0 Å². The molecule has 0 radical (unpaired) electrons. The molecule has 0 saturated heterocycles. The van der Waals surface area contributed by atoms with E-state index in [2.05, 4.69) is 37.9 Å². The van der Waals surface area contributed by atoms with E-state index in [9.17, 15) is 0 Å². The van der Waals surface area contributed by atoms with Crippen LogP contribution in [-0.2, 0) is 4.74 Å². The second-order valence-electron chi connectivity index (χ2n) is 5.25. The molecule has 0 heterocycles. The molecule has 0 fully saturated rings. The van der Waals surface area contributed by atoms with E-state index in [1.54, 1.807) is 7.11 Å². The van der Waals surface area contributed by atoms with Crippen molar-refractivity contribution in [1.82, 2.24) is 10.2 Å². The normalized spacial score (nSPS) is 14.1. The van der Waals surface area contributed by atoms with Crippen molar-refractivity contribution in [3.63, 3.8) is 0 Å². The highest BCUT2D eigenvalue weighted by molar-refractivity contribution is 4.77. The molecule has 1 unspecified atom stereocenters. The molecule has 0 saturated carbocycles. The molecule has 1 N–H and O–H groups in total. The SMILES string of the molecule is CNCC(C(C)C)N(CCOC)CC(C)C. The van der Waals surface area contributed by atoms with Crippen LogP contribution < -0.4 is 5.32 Å². The van der Waals surface area contributed by atoms with Gasteiger partial charge in [0.05, 0.1) is 6.61 Å². The molecule has 1 atom stereocenters. The van der Waals surface area contributed by atoms with Gasteiger partial charge in [0.1, 0.15) is 0 Å². The first kappa shape index (κ1) is 15.9. The monoisotopic (exact) mass is 230 g/mol. The number of likely N-dealkylation sites (N-methyl/N-ethyl adjacent to an activating group) is 1. The van der Waals surface area contributed by atoms with E-state index in [0.29, 0.717) is 17.9 Å². The van der Waals surface area contributed by atoms with Crippen molar-refractivity contribution >= 4 is 0 Å². The molecular weight excluding hydrogens is 200 g/mol. The fraction of sp³-hybridized carbons (Fsp3) is 1.00. The van der Waals surface area contributed by atoms with Gasteiger partial charge < -0.3 is 10.1 Å². The maximum absolute atomic E-state index is 5.20. The van der Waals surface area contributed by atoms with Crippen LogP contribution in [0.1, 0.15) is 27.7 Å². The van der Waals surface area contributed by atoms with Crippen LogP contribution in [0.15, 0.2) is 0 Å². The molecule has 0 bridgehead atoms. The summed E-state index contributed by atoms with van der Waals surface area (Å²) in [5, 5.41) is 3.30. The van der Waals surface area contributed by atoms with E-state index < -0.39 is 0 Å². The number of nitrogens with zero attached hydrogens (tertiary/aromatic N) is 1. The zero-order valence-corrected chi connectivity index (χ0v) is 11.9. The number of rotatable bonds is 9. The molecule has 3 heteroatoms. The van der Waals surface area contributed by atoms with Gasteiger partial charge >= 0.3 is 0 Å². The highest BCUT2D eigenvalue weighted by Crippen LogP contribution is 2.12. The lowest BCUT2D eigenvalue weighted by Gasteiger charge is -2.35. The third-order valence-corrected chi connectivity index (χ3v) is 2.83. The maximum atomic E-state index is 5.20. The smallest absolute Gasteiger partial charge is 0.0589 e. The minimum absolute atomic E-state index is 0.600. The molecule has 0 amide bonds. The second-order valence-corrected chi connectivity index (χ2v) is 5.25. The average molecular weight is 230 g/mol. The Bertz CT molecular complexity index is 160. The fourth-order valence-electron chi connectivity index (χ4n) is 2.07. The predicted octanol–water partition coefficient (Wildman–Crippen LogP) is 1.83. The molecule has 0 aliphatic rings. The third kappa shape index (κ3) is 6.46. The topological polar surface area (TPSA) is 24.5 Å². The van der Waals surface area contributed by atoms with Crippen LogP contribution in [0.4, 0.5) is 0 Å². The average Bonchev–Trinajstić information content (AvgIpc) is 2.20. The van der Waals surface area contributed by atoms with Crippen LogP contribution in [0, 0.1) is 11.8 Å². The summed E-state index contributed by atoms with van der Waals surface area (Å²) in [6, 6.07) is 0.600. The van der Waals surface area contributed by atoms with Crippen LogP contribution in [0.3, 0.4) is 0 Å². The molecule has 0 aromatic rings. The molecule has 0 aliphatic carbocycles.